The molecule has 0 fully saturated rings. The Morgan fingerprint density at radius 2 is 1.84 bits per heavy atom. The summed E-state index contributed by atoms with van der Waals surface area (Å²) in [6.45, 7) is 3.68. The van der Waals surface area contributed by atoms with Crippen molar-refractivity contribution in [3.05, 3.63) is 64.4 Å². The topological polar surface area (TPSA) is 61.2 Å². The molecule has 0 N–H and O–H groups in total. The summed E-state index contributed by atoms with van der Waals surface area (Å²) in [6, 6.07) is 14.8. The third-order valence-electron chi connectivity index (χ3n) is 3.92. The van der Waals surface area contributed by atoms with Gasteiger partial charge in [0.1, 0.15) is 5.25 Å². The highest BCUT2D eigenvalue weighted by Crippen LogP contribution is 2.26. The first-order chi connectivity index (χ1) is 12.0. The van der Waals surface area contributed by atoms with Crippen LogP contribution in [0.4, 0.5) is 0 Å². The number of rotatable bonds is 4. The third-order valence-corrected chi connectivity index (χ3v) is 4.95. The molecule has 0 aliphatic heterocycles. The Morgan fingerprint density at radius 1 is 1.16 bits per heavy atom. The molecule has 25 heavy (non-hydrogen) atoms. The van der Waals surface area contributed by atoms with Gasteiger partial charge in [-0.25, -0.2) is 4.98 Å². The van der Waals surface area contributed by atoms with E-state index in [1.807, 2.05) is 43.3 Å². The number of ether oxygens (including phenoxy) is 1. The molecule has 0 radical (unpaired) electrons. The van der Waals surface area contributed by atoms with Gasteiger partial charge in [-0.2, -0.15) is 0 Å². The van der Waals surface area contributed by atoms with Crippen molar-refractivity contribution >= 4 is 28.6 Å². The minimum atomic E-state index is -0.478. The Bertz CT molecular complexity index is 997. The average Bonchev–Trinajstić information content (AvgIpc) is 2.62. The normalized spacial score (nSPS) is 12.1. The van der Waals surface area contributed by atoms with E-state index in [9.17, 15) is 9.59 Å². The van der Waals surface area contributed by atoms with E-state index in [0.717, 1.165) is 11.3 Å². The van der Waals surface area contributed by atoms with Gasteiger partial charge in [-0.1, -0.05) is 42.1 Å². The number of methoxy groups -OCH3 is 1. The summed E-state index contributed by atoms with van der Waals surface area (Å²) in [5.41, 5.74) is 2.16. The molecule has 0 aliphatic carbocycles. The summed E-state index contributed by atoms with van der Waals surface area (Å²) in [5, 5.41) is 0.532. The van der Waals surface area contributed by atoms with Crippen LogP contribution in [0.1, 0.15) is 12.5 Å². The second kappa shape index (κ2) is 7.11. The molecule has 0 aliphatic rings. The van der Waals surface area contributed by atoms with Gasteiger partial charge in [0.25, 0.3) is 5.56 Å². The first-order valence-corrected chi connectivity index (χ1v) is 8.73. The number of hydrogen-bond acceptors (Lipinski definition) is 5. The fraction of sp³-hybridized carbons (Fsp3) is 0.211. The number of para-hydroxylation sites is 2. The molecule has 2 aromatic carbocycles. The molecule has 0 saturated carbocycles. The Balaban J connectivity index is 2.27. The van der Waals surface area contributed by atoms with E-state index in [0.29, 0.717) is 16.1 Å². The van der Waals surface area contributed by atoms with Crippen LogP contribution in [0.15, 0.2) is 58.5 Å². The second-order valence-corrected chi connectivity index (χ2v) is 6.93. The predicted molar refractivity (Wildman–Crippen MR) is 99.4 cm³/mol. The maximum atomic E-state index is 13.1. The summed E-state index contributed by atoms with van der Waals surface area (Å²) >= 11 is 1.21. The van der Waals surface area contributed by atoms with E-state index in [1.54, 1.807) is 23.6 Å². The van der Waals surface area contributed by atoms with Crippen molar-refractivity contribution in [1.82, 2.24) is 9.55 Å². The van der Waals surface area contributed by atoms with Crippen molar-refractivity contribution in [2.75, 3.05) is 7.11 Å². The summed E-state index contributed by atoms with van der Waals surface area (Å²) in [5.74, 6) is -0.358. The molecule has 1 atom stereocenters. The van der Waals surface area contributed by atoms with Crippen LogP contribution in [-0.4, -0.2) is 27.9 Å². The van der Waals surface area contributed by atoms with Crippen molar-refractivity contribution in [3.8, 4) is 5.69 Å². The van der Waals surface area contributed by atoms with Gasteiger partial charge in [0.05, 0.1) is 23.7 Å². The maximum absolute atomic E-state index is 13.1. The lowest BCUT2D eigenvalue weighted by Crippen LogP contribution is -2.24. The minimum Gasteiger partial charge on any atom is -0.468 e. The van der Waals surface area contributed by atoms with E-state index in [-0.39, 0.29) is 11.5 Å². The molecule has 0 spiro atoms. The maximum Gasteiger partial charge on any atom is 0.318 e. The summed E-state index contributed by atoms with van der Waals surface area (Å²) in [4.78, 5) is 29.6. The third kappa shape index (κ3) is 3.30. The average molecular weight is 354 g/mol. The fourth-order valence-corrected chi connectivity index (χ4v) is 3.54. The van der Waals surface area contributed by atoms with Crippen LogP contribution in [0.3, 0.4) is 0 Å². The Kier molecular flexibility index (Phi) is 4.90. The largest absolute Gasteiger partial charge is 0.468 e. The van der Waals surface area contributed by atoms with Crippen LogP contribution < -0.4 is 5.56 Å². The molecule has 0 saturated heterocycles. The molecule has 3 aromatic rings. The van der Waals surface area contributed by atoms with Crippen molar-refractivity contribution < 1.29 is 9.53 Å². The van der Waals surface area contributed by atoms with Gasteiger partial charge < -0.3 is 4.74 Å². The Morgan fingerprint density at radius 3 is 2.56 bits per heavy atom. The van der Waals surface area contributed by atoms with Crippen LogP contribution in [0.25, 0.3) is 16.6 Å². The molecule has 0 bridgehead atoms. The highest BCUT2D eigenvalue weighted by Gasteiger charge is 2.21. The van der Waals surface area contributed by atoms with E-state index in [2.05, 4.69) is 4.98 Å². The number of aryl methyl sites for hydroxylation is 1. The number of benzene rings is 2. The molecule has 6 heteroatoms. The van der Waals surface area contributed by atoms with Crippen LogP contribution >= 0.6 is 11.8 Å². The van der Waals surface area contributed by atoms with Crippen molar-refractivity contribution in [2.45, 2.75) is 24.3 Å². The lowest BCUT2D eigenvalue weighted by molar-refractivity contribution is -0.139. The molecule has 1 aromatic heterocycles. The smallest absolute Gasteiger partial charge is 0.318 e. The molecular weight excluding hydrogens is 336 g/mol. The van der Waals surface area contributed by atoms with Gasteiger partial charge >= 0.3 is 5.97 Å². The summed E-state index contributed by atoms with van der Waals surface area (Å²) < 4.78 is 6.37. The Labute approximate surface area is 149 Å². The van der Waals surface area contributed by atoms with Gasteiger partial charge in [0.15, 0.2) is 5.16 Å². The lowest BCUT2D eigenvalue weighted by Gasteiger charge is -2.16. The number of hydrogen-bond donors (Lipinski definition) is 0. The number of carbonyl (C=O) groups excluding carboxylic acids is 1. The number of thioether (sulfide) groups is 1. The number of esters is 1. The molecule has 5 nitrogen and oxygen atoms in total. The molecule has 1 heterocycles. The molecule has 1 unspecified atom stereocenters. The van der Waals surface area contributed by atoms with Crippen molar-refractivity contribution in [1.29, 1.82) is 0 Å². The number of nitrogens with zero attached hydrogens (tertiary/aromatic N) is 2. The van der Waals surface area contributed by atoms with Crippen LogP contribution in [0.2, 0.25) is 0 Å². The molecule has 0 amide bonds. The monoisotopic (exact) mass is 354 g/mol. The second-order valence-electron chi connectivity index (χ2n) is 5.62. The van der Waals surface area contributed by atoms with Gasteiger partial charge in [0.2, 0.25) is 0 Å². The first kappa shape index (κ1) is 17.2. The zero-order valence-corrected chi connectivity index (χ0v) is 15.0. The standard InChI is InChI=1S/C19H18N2O3S/c1-12-8-4-7-11-16(12)21-17(22)14-9-5-6-10-15(14)20-19(21)25-13(2)18(23)24-3/h4-11,13H,1-3H3. The quantitative estimate of drug-likeness (QED) is 0.408. The molecular formula is C19H18N2O3S. The Hall–Kier alpha value is -2.60. The number of carbonyl (C=O) groups is 1. The zero-order valence-electron chi connectivity index (χ0n) is 14.2. The number of fused-ring (bicyclic) bond motifs is 1. The van der Waals surface area contributed by atoms with Crippen LogP contribution in [-0.2, 0) is 9.53 Å². The van der Waals surface area contributed by atoms with Gasteiger partial charge in [-0.3, -0.25) is 14.2 Å². The highest BCUT2D eigenvalue weighted by molar-refractivity contribution is 8.00. The van der Waals surface area contributed by atoms with Crippen LogP contribution in [0, 0.1) is 6.92 Å². The van der Waals surface area contributed by atoms with E-state index < -0.39 is 5.25 Å². The fourth-order valence-electron chi connectivity index (χ4n) is 2.59. The predicted octanol–water partition coefficient (Wildman–Crippen LogP) is 3.35. The minimum absolute atomic E-state index is 0.153. The SMILES string of the molecule is COC(=O)C(C)Sc1nc2ccccc2c(=O)n1-c1ccccc1C. The van der Waals surface area contributed by atoms with Crippen molar-refractivity contribution in [2.24, 2.45) is 0 Å². The first-order valence-electron chi connectivity index (χ1n) is 7.85. The van der Waals surface area contributed by atoms with E-state index in [1.165, 1.54) is 18.9 Å². The summed E-state index contributed by atoms with van der Waals surface area (Å²) in [6.07, 6.45) is 0. The van der Waals surface area contributed by atoms with Gasteiger partial charge in [-0.15, -0.1) is 0 Å². The molecule has 128 valence electrons. The van der Waals surface area contributed by atoms with Gasteiger partial charge in [-0.05, 0) is 37.6 Å². The van der Waals surface area contributed by atoms with E-state index in [4.69, 9.17) is 4.74 Å². The molecule has 3 rings (SSSR count). The van der Waals surface area contributed by atoms with Gasteiger partial charge in [0, 0.05) is 0 Å². The highest BCUT2D eigenvalue weighted by atomic mass is 32.2. The van der Waals surface area contributed by atoms with Crippen molar-refractivity contribution in [3.63, 3.8) is 0 Å². The van der Waals surface area contributed by atoms with E-state index >= 15 is 0 Å². The van der Waals surface area contributed by atoms with Crippen LogP contribution in [0.5, 0.6) is 0 Å². The summed E-state index contributed by atoms with van der Waals surface area (Å²) in [7, 11) is 1.35. The lowest BCUT2D eigenvalue weighted by atomic mass is 10.2. The number of aromatic nitrogens is 2. The zero-order chi connectivity index (χ0) is 18.0.